The van der Waals surface area contributed by atoms with E-state index in [2.05, 4.69) is 0 Å². The summed E-state index contributed by atoms with van der Waals surface area (Å²) in [6, 6.07) is 5.70. The monoisotopic (exact) mass is 182 g/mol. The Morgan fingerprint density at radius 2 is 2.08 bits per heavy atom. The van der Waals surface area contributed by atoms with Crippen LogP contribution >= 0.6 is 0 Å². The maximum Gasteiger partial charge on any atom is 0.220 e. The predicted octanol–water partition coefficient (Wildman–Crippen LogP) is 0.993. The van der Waals surface area contributed by atoms with Gasteiger partial charge in [0.25, 0.3) is 0 Å². The average molecular weight is 182 g/mol. The van der Waals surface area contributed by atoms with Gasteiger partial charge in [-0.3, -0.25) is 0 Å². The molecule has 0 fully saturated rings. The summed E-state index contributed by atoms with van der Waals surface area (Å²) < 4.78 is 5.08. The molecule has 13 heavy (non-hydrogen) atoms. The van der Waals surface area contributed by atoms with Crippen molar-refractivity contribution in [3.05, 3.63) is 29.3 Å². The van der Waals surface area contributed by atoms with Crippen molar-refractivity contribution in [2.75, 3.05) is 6.61 Å². The number of aliphatic hydroxyl groups excluding tert-OH is 2. The molecule has 2 N–H and O–H groups in total. The molecule has 72 valence electrons. The maximum atomic E-state index is 9.05. The standard InChI is InChI=1S/C10H14O3/c1-7-3-4-8(2)9(5-7)13-10(12)6-11/h3-5,10-12H,6H2,1-2H3. The summed E-state index contributed by atoms with van der Waals surface area (Å²) in [6.07, 6.45) is -1.14. The van der Waals surface area contributed by atoms with Crippen LogP contribution in [0.5, 0.6) is 5.75 Å². The Balaban J connectivity index is 2.81. The van der Waals surface area contributed by atoms with Crippen LogP contribution in [0.3, 0.4) is 0 Å². The van der Waals surface area contributed by atoms with E-state index < -0.39 is 12.9 Å². The van der Waals surface area contributed by atoms with Crippen LogP contribution in [0, 0.1) is 13.8 Å². The van der Waals surface area contributed by atoms with Gasteiger partial charge in [0, 0.05) is 0 Å². The third-order valence-electron chi connectivity index (χ3n) is 1.76. The molecule has 0 heterocycles. The Morgan fingerprint density at radius 1 is 1.38 bits per heavy atom. The first kappa shape index (κ1) is 10.0. The molecule has 0 aliphatic heterocycles. The van der Waals surface area contributed by atoms with E-state index in [4.69, 9.17) is 14.9 Å². The van der Waals surface area contributed by atoms with Gasteiger partial charge in [-0.2, -0.15) is 0 Å². The number of aryl methyl sites for hydroxylation is 2. The maximum absolute atomic E-state index is 9.05. The zero-order chi connectivity index (χ0) is 9.84. The van der Waals surface area contributed by atoms with Gasteiger partial charge < -0.3 is 14.9 Å². The van der Waals surface area contributed by atoms with E-state index in [-0.39, 0.29) is 0 Å². The summed E-state index contributed by atoms with van der Waals surface area (Å²) in [5.41, 5.74) is 2.00. The fraction of sp³-hybridized carbons (Fsp3) is 0.400. The van der Waals surface area contributed by atoms with E-state index in [1.165, 1.54) is 0 Å². The lowest BCUT2D eigenvalue weighted by atomic mass is 10.1. The van der Waals surface area contributed by atoms with Gasteiger partial charge in [0.2, 0.25) is 6.29 Å². The summed E-state index contributed by atoms with van der Waals surface area (Å²) in [5.74, 6) is 0.613. The second-order valence-electron chi connectivity index (χ2n) is 3.02. The van der Waals surface area contributed by atoms with Gasteiger partial charge >= 0.3 is 0 Å². The zero-order valence-corrected chi connectivity index (χ0v) is 7.82. The van der Waals surface area contributed by atoms with E-state index in [1.807, 2.05) is 32.0 Å². The molecular formula is C10H14O3. The van der Waals surface area contributed by atoms with Crippen molar-refractivity contribution in [1.82, 2.24) is 0 Å². The third kappa shape index (κ3) is 2.72. The second kappa shape index (κ2) is 4.25. The van der Waals surface area contributed by atoms with E-state index in [9.17, 15) is 0 Å². The van der Waals surface area contributed by atoms with Crippen LogP contribution in [0.4, 0.5) is 0 Å². The highest BCUT2D eigenvalue weighted by Gasteiger charge is 2.05. The first-order valence-corrected chi connectivity index (χ1v) is 4.16. The van der Waals surface area contributed by atoms with Crippen LogP contribution in [0.1, 0.15) is 11.1 Å². The minimum atomic E-state index is -1.14. The minimum absolute atomic E-state index is 0.395. The molecule has 0 bridgehead atoms. The van der Waals surface area contributed by atoms with Crippen LogP contribution in [0.2, 0.25) is 0 Å². The lowest BCUT2D eigenvalue weighted by Gasteiger charge is -2.13. The van der Waals surface area contributed by atoms with Gasteiger partial charge in [0.1, 0.15) is 12.4 Å². The molecule has 1 atom stereocenters. The van der Waals surface area contributed by atoms with Gasteiger partial charge in [0.15, 0.2) is 0 Å². The predicted molar refractivity (Wildman–Crippen MR) is 49.6 cm³/mol. The molecule has 1 aromatic rings. The molecule has 0 aliphatic rings. The lowest BCUT2D eigenvalue weighted by Crippen LogP contribution is -2.20. The van der Waals surface area contributed by atoms with Crippen LogP contribution in [-0.4, -0.2) is 23.1 Å². The summed E-state index contributed by atoms with van der Waals surface area (Å²) in [4.78, 5) is 0. The number of hydrogen-bond acceptors (Lipinski definition) is 3. The molecule has 0 spiro atoms. The number of hydrogen-bond donors (Lipinski definition) is 2. The SMILES string of the molecule is Cc1ccc(C)c(OC(O)CO)c1. The summed E-state index contributed by atoms with van der Waals surface area (Å²) in [6.45, 7) is 3.43. The average Bonchev–Trinajstić information content (AvgIpc) is 2.11. The fourth-order valence-corrected chi connectivity index (χ4v) is 1.02. The van der Waals surface area contributed by atoms with Crippen molar-refractivity contribution in [2.24, 2.45) is 0 Å². The fourth-order valence-electron chi connectivity index (χ4n) is 1.02. The van der Waals surface area contributed by atoms with Gasteiger partial charge in [-0.1, -0.05) is 12.1 Å². The smallest absolute Gasteiger partial charge is 0.220 e. The molecule has 0 radical (unpaired) electrons. The minimum Gasteiger partial charge on any atom is -0.462 e. The van der Waals surface area contributed by atoms with Crippen molar-refractivity contribution in [1.29, 1.82) is 0 Å². The summed E-state index contributed by atoms with van der Waals surface area (Å²) >= 11 is 0. The topological polar surface area (TPSA) is 49.7 Å². The van der Waals surface area contributed by atoms with Crippen LogP contribution in [-0.2, 0) is 0 Å². The lowest BCUT2D eigenvalue weighted by molar-refractivity contribution is -0.0552. The highest BCUT2D eigenvalue weighted by Crippen LogP contribution is 2.19. The third-order valence-corrected chi connectivity index (χ3v) is 1.76. The molecule has 3 heteroatoms. The van der Waals surface area contributed by atoms with Gasteiger partial charge in [-0.05, 0) is 31.0 Å². The normalized spacial score (nSPS) is 12.6. The Kier molecular flexibility index (Phi) is 3.28. The number of ether oxygens (including phenoxy) is 1. The van der Waals surface area contributed by atoms with Crippen LogP contribution < -0.4 is 4.74 Å². The Bertz CT molecular complexity index is 283. The largest absolute Gasteiger partial charge is 0.462 e. The molecule has 0 aliphatic carbocycles. The number of benzene rings is 1. The van der Waals surface area contributed by atoms with Crippen LogP contribution in [0.15, 0.2) is 18.2 Å². The number of aliphatic hydroxyl groups is 2. The van der Waals surface area contributed by atoms with Gasteiger partial charge in [0.05, 0.1) is 0 Å². The molecule has 0 amide bonds. The van der Waals surface area contributed by atoms with Crippen molar-refractivity contribution in [3.8, 4) is 5.75 Å². The first-order valence-electron chi connectivity index (χ1n) is 4.16. The Hall–Kier alpha value is -1.06. The van der Waals surface area contributed by atoms with Crippen molar-refractivity contribution >= 4 is 0 Å². The molecule has 3 nitrogen and oxygen atoms in total. The molecule has 1 aromatic carbocycles. The van der Waals surface area contributed by atoms with Gasteiger partial charge in [-0.15, -0.1) is 0 Å². The highest BCUT2D eigenvalue weighted by atomic mass is 16.6. The van der Waals surface area contributed by atoms with Gasteiger partial charge in [-0.25, -0.2) is 0 Å². The van der Waals surface area contributed by atoms with E-state index in [1.54, 1.807) is 0 Å². The van der Waals surface area contributed by atoms with Crippen molar-refractivity contribution < 1.29 is 14.9 Å². The Morgan fingerprint density at radius 3 is 2.69 bits per heavy atom. The van der Waals surface area contributed by atoms with Crippen LogP contribution in [0.25, 0.3) is 0 Å². The molecular weight excluding hydrogens is 168 g/mol. The second-order valence-corrected chi connectivity index (χ2v) is 3.02. The van der Waals surface area contributed by atoms with E-state index >= 15 is 0 Å². The Labute approximate surface area is 77.6 Å². The van der Waals surface area contributed by atoms with Crippen molar-refractivity contribution in [2.45, 2.75) is 20.1 Å². The van der Waals surface area contributed by atoms with E-state index in [0.29, 0.717) is 5.75 Å². The molecule has 1 unspecified atom stereocenters. The molecule has 1 rings (SSSR count). The number of rotatable bonds is 3. The van der Waals surface area contributed by atoms with E-state index in [0.717, 1.165) is 11.1 Å². The summed E-state index contributed by atoms with van der Waals surface area (Å²) in [5, 5.41) is 17.6. The molecule has 0 aromatic heterocycles. The quantitative estimate of drug-likeness (QED) is 0.685. The molecule has 0 saturated heterocycles. The first-order chi connectivity index (χ1) is 6.13. The van der Waals surface area contributed by atoms with Crippen molar-refractivity contribution in [3.63, 3.8) is 0 Å². The zero-order valence-electron chi connectivity index (χ0n) is 7.82. The highest BCUT2D eigenvalue weighted by molar-refractivity contribution is 5.35. The summed E-state index contributed by atoms with van der Waals surface area (Å²) in [7, 11) is 0. The molecule has 0 saturated carbocycles.